The van der Waals surface area contributed by atoms with Gasteiger partial charge >= 0.3 is 0 Å². The second kappa shape index (κ2) is 6.23. The molecule has 1 rings (SSSR count). The second-order valence-electron chi connectivity index (χ2n) is 3.69. The van der Waals surface area contributed by atoms with Crippen molar-refractivity contribution in [1.29, 1.82) is 0 Å². The van der Waals surface area contributed by atoms with E-state index in [0.717, 1.165) is 17.8 Å². The monoisotopic (exact) mass is 222 g/mol. The lowest BCUT2D eigenvalue weighted by Gasteiger charge is -1.99. The molecular formula is C12H18N2O2. The standard InChI is InChI=1S/C12H18N2O2/c1-10-9-11(2)14(13-10)12(15)7-5-4-6-8-16-3/h4-5,9H,6-8H2,1-3H3/b5-4+. The molecule has 0 fully saturated rings. The van der Waals surface area contributed by atoms with E-state index < -0.39 is 0 Å². The van der Waals surface area contributed by atoms with Gasteiger partial charge in [-0.1, -0.05) is 12.2 Å². The maximum Gasteiger partial charge on any atom is 0.250 e. The number of carbonyl (C=O) groups excluding carboxylic acids is 1. The third-order valence-electron chi connectivity index (χ3n) is 2.19. The molecule has 0 radical (unpaired) electrons. The number of hydrogen-bond donors (Lipinski definition) is 0. The van der Waals surface area contributed by atoms with E-state index in [0.29, 0.717) is 13.0 Å². The Kier molecular flexibility index (Phi) is 4.92. The Bertz CT molecular complexity index is 380. The molecule has 1 heterocycles. The zero-order valence-corrected chi connectivity index (χ0v) is 10.1. The number of carbonyl (C=O) groups is 1. The third kappa shape index (κ3) is 3.62. The molecule has 0 unspecified atom stereocenters. The van der Waals surface area contributed by atoms with Gasteiger partial charge in [-0.15, -0.1) is 0 Å². The summed E-state index contributed by atoms with van der Waals surface area (Å²) < 4.78 is 6.36. The van der Waals surface area contributed by atoms with Crippen LogP contribution in [0.25, 0.3) is 0 Å². The van der Waals surface area contributed by atoms with Crippen LogP contribution in [0.5, 0.6) is 0 Å². The molecule has 0 aliphatic heterocycles. The highest BCUT2D eigenvalue weighted by molar-refractivity contribution is 5.80. The first-order valence-corrected chi connectivity index (χ1v) is 5.35. The van der Waals surface area contributed by atoms with Crippen molar-refractivity contribution in [2.75, 3.05) is 13.7 Å². The lowest BCUT2D eigenvalue weighted by molar-refractivity contribution is 0.0898. The first kappa shape index (κ1) is 12.6. The van der Waals surface area contributed by atoms with Crippen LogP contribution in [0.2, 0.25) is 0 Å². The van der Waals surface area contributed by atoms with Gasteiger partial charge in [0.15, 0.2) is 0 Å². The van der Waals surface area contributed by atoms with E-state index in [-0.39, 0.29) is 5.91 Å². The fraction of sp³-hybridized carbons (Fsp3) is 0.500. The highest BCUT2D eigenvalue weighted by atomic mass is 16.5. The van der Waals surface area contributed by atoms with Crippen molar-refractivity contribution in [2.24, 2.45) is 0 Å². The van der Waals surface area contributed by atoms with Crippen LogP contribution in [0.3, 0.4) is 0 Å². The first-order valence-electron chi connectivity index (χ1n) is 5.35. The molecule has 0 amide bonds. The Balaban J connectivity index is 2.47. The average molecular weight is 222 g/mol. The molecule has 16 heavy (non-hydrogen) atoms. The Labute approximate surface area is 95.9 Å². The Morgan fingerprint density at radius 3 is 2.81 bits per heavy atom. The van der Waals surface area contributed by atoms with Gasteiger partial charge in [-0.25, -0.2) is 4.68 Å². The maximum atomic E-state index is 11.7. The van der Waals surface area contributed by atoms with E-state index in [2.05, 4.69) is 5.10 Å². The molecule has 0 bridgehead atoms. The van der Waals surface area contributed by atoms with Crippen molar-refractivity contribution >= 4 is 5.91 Å². The minimum atomic E-state index is -0.000679. The minimum Gasteiger partial charge on any atom is -0.384 e. The molecule has 88 valence electrons. The highest BCUT2D eigenvalue weighted by Gasteiger charge is 2.07. The summed E-state index contributed by atoms with van der Waals surface area (Å²) in [6, 6.07) is 1.90. The fourth-order valence-corrected chi connectivity index (χ4v) is 1.46. The van der Waals surface area contributed by atoms with Crippen molar-refractivity contribution in [2.45, 2.75) is 26.7 Å². The molecule has 1 aromatic heterocycles. The second-order valence-corrected chi connectivity index (χ2v) is 3.69. The smallest absolute Gasteiger partial charge is 0.250 e. The topological polar surface area (TPSA) is 44.1 Å². The van der Waals surface area contributed by atoms with Gasteiger partial charge < -0.3 is 4.74 Å². The summed E-state index contributed by atoms with van der Waals surface area (Å²) >= 11 is 0. The highest BCUT2D eigenvalue weighted by Crippen LogP contribution is 2.03. The van der Waals surface area contributed by atoms with Crippen LogP contribution in [0, 0.1) is 13.8 Å². The van der Waals surface area contributed by atoms with E-state index in [9.17, 15) is 4.79 Å². The van der Waals surface area contributed by atoms with Gasteiger partial charge in [0, 0.05) is 25.8 Å². The molecule has 0 aliphatic carbocycles. The van der Waals surface area contributed by atoms with Crippen molar-refractivity contribution in [3.8, 4) is 0 Å². The third-order valence-corrected chi connectivity index (χ3v) is 2.19. The van der Waals surface area contributed by atoms with Gasteiger partial charge in [-0.3, -0.25) is 4.79 Å². The van der Waals surface area contributed by atoms with Crippen LogP contribution < -0.4 is 0 Å². The van der Waals surface area contributed by atoms with Gasteiger partial charge in [-0.2, -0.15) is 5.10 Å². The quantitative estimate of drug-likeness (QED) is 0.566. The number of aromatic nitrogens is 2. The van der Waals surface area contributed by atoms with E-state index in [1.807, 2.05) is 32.1 Å². The zero-order valence-electron chi connectivity index (χ0n) is 10.1. The predicted octanol–water partition coefficient (Wildman–Crippen LogP) is 2.12. The lowest BCUT2D eigenvalue weighted by Crippen LogP contribution is -2.12. The summed E-state index contributed by atoms with van der Waals surface area (Å²) in [5, 5.41) is 4.13. The normalized spacial score (nSPS) is 11.2. The molecule has 1 aromatic rings. The molecule has 0 saturated heterocycles. The molecule has 0 aromatic carbocycles. The van der Waals surface area contributed by atoms with Crippen molar-refractivity contribution < 1.29 is 9.53 Å². The number of ether oxygens (including phenoxy) is 1. The van der Waals surface area contributed by atoms with E-state index in [1.165, 1.54) is 4.68 Å². The first-order chi connectivity index (χ1) is 7.65. The lowest BCUT2D eigenvalue weighted by atomic mass is 10.3. The van der Waals surface area contributed by atoms with Crippen LogP contribution in [0.15, 0.2) is 18.2 Å². The predicted molar refractivity (Wildman–Crippen MR) is 62.6 cm³/mol. The molecule has 0 N–H and O–H groups in total. The summed E-state index contributed by atoms with van der Waals surface area (Å²) in [6.07, 6.45) is 5.03. The number of rotatable bonds is 5. The molecular weight excluding hydrogens is 204 g/mol. The van der Waals surface area contributed by atoms with Gasteiger partial charge in [0.1, 0.15) is 0 Å². The SMILES string of the molecule is COCC/C=C/CC(=O)n1nc(C)cc1C. The summed E-state index contributed by atoms with van der Waals surface area (Å²) in [5.74, 6) is -0.000679. The summed E-state index contributed by atoms with van der Waals surface area (Å²) in [6.45, 7) is 4.45. The minimum absolute atomic E-state index is 0.000679. The number of aryl methyl sites for hydroxylation is 2. The molecule has 4 heteroatoms. The summed E-state index contributed by atoms with van der Waals surface area (Å²) in [4.78, 5) is 11.7. The van der Waals surface area contributed by atoms with E-state index >= 15 is 0 Å². The van der Waals surface area contributed by atoms with Crippen LogP contribution in [0.1, 0.15) is 29.0 Å². The van der Waals surface area contributed by atoms with Gasteiger partial charge in [0.2, 0.25) is 0 Å². The van der Waals surface area contributed by atoms with Gasteiger partial charge in [0.05, 0.1) is 5.69 Å². The Morgan fingerprint density at radius 1 is 1.50 bits per heavy atom. The average Bonchev–Trinajstić information content (AvgIpc) is 2.57. The molecule has 0 aliphatic rings. The summed E-state index contributed by atoms with van der Waals surface area (Å²) in [7, 11) is 1.66. The fourth-order valence-electron chi connectivity index (χ4n) is 1.46. The maximum absolute atomic E-state index is 11.7. The largest absolute Gasteiger partial charge is 0.384 e. The van der Waals surface area contributed by atoms with Crippen LogP contribution in [-0.2, 0) is 4.74 Å². The van der Waals surface area contributed by atoms with Crippen molar-refractivity contribution in [3.05, 3.63) is 29.6 Å². The molecule has 4 nitrogen and oxygen atoms in total. The molecule has 0 spiro atoms. The van der Waals surface area contributed by atoms with E-state index in [4.69, 9.17) is 4.74 Å². The Morgan fingerprint density at radius 2 is 2.25 bits per heavy atom. The molecule has 0 saturated carbocycles. The van der Waals surface area contributed by atoms with Crippen molar-refractivity contribution in [1.82, 2.24) is 9.78 Å². The van der Waals surface area contributed by atoms with Crippen molar-refractivity contribution in [3.63, 3.8) is 0 Å². The van der Waals surface area contributed by atoms with Crippen LogP contribution in [-0.4, -0.2) is 29.4 Å². The summed E-state index contributed by atoms with van der Waals surface area (Å²) in [5.41, 5.74) is 1.75. The van der Waals surface area contributed by atoms with Crippen LogP contribution >= 0.6 is 0 Å². The van der Waals surface area contributed by atoms with Gasteiger partial charge in [-0.05, 0) is 26.3 Å². The number of allylic oxidation sites excluding steroid dienone is 1. The zero-order chi connectivity index (χ0) is 12.0. The number of hydrogen-bond acceptors (Lipinski definition) is 3. The number of nitrogens with zero attached hydrogens (tertiary/aromatic N) is 2. The number of methoxy groups -OCH3 is 1. The molecule has 0 atom stereocenters. The van der Waals surface area contributed by atoms with Gasteiger partial charge in [0.25, 0.3) is 5.91 Å². The van der Waals surface area contributed by atoms with E-state index in [1.54, 1.807) is 7.11 Å². The Hall–Kier alpha value is -1.42. The van der Waals surface area contributed by atoms with Crippen LogP contribution in [0.4, 0.5) is 0 Å².